The summed E-state index contributed by atoms with van der Waals surface area (Å²) in [4.78, 5) is 31.1. The Morgan fingerprint density at radius 1 is 1.09 bits per heavy atom. The van der Waals surface area contributed by atoms with E-state index in [1.165, 1.54) is 49.2 Å². The maximum atomic E-state index is 12.9. The molecule has 1 aliphatic carbocycles. The molecule has 6 heteroatoms. The Morgan fingerprint density at radius 2 is 1.88 bits per heavy atom. The summed E-state index contributed by atoms with van der Waals surface area (Å²) in [6.07, 6.45) is 7.79. The molecule has 1 aromatic carbocycles. The Balaban J connectivity index is 1.25. The van der Waals surface area contributed by atoms with E-state index in [0.717, 1.165) is 53.9 Å². The molecule has 2 amide bonds. The molecular weight excluding hydrogens is 424 g/mol. The summed E-state index contributed by atoms with van der Waals surface area (Å²) >= 11 is 0. The van der Waals surface area contributed by atoms with E-state index >= 15 is 0 Å². The van der Waals surface area contributed by atoms with Crippen molar-refractivity contribution >= 4 is 29.2 Å². The summed E-state index contributed by atoms with van der Waals surface area (Å²) in [5.74, 6) is 1.88. The normalized spacial score (nSPS) is 27.4. The predicted octanol–water partition coefficient (Wildman–Crippen LogP) is 4.03. The van der Waals surface area contributed by atoms with Gasteiger partial charge in [-0.25, -0.2) is 0 Å². The second-order valence-electron chi connectivity index (χ2n) is 10.8. The molecule has 4 heterocycles. The number of likely N-dealkylation sites (tertiary alicyclic amines) is 1. The highest BCUT2D eigenvalue weighted by molar-refractivity contribution is 6.34. The number of carbonyl (C=O) groups is 2. The lowest BCUT2D eigenvalue weighted by atomic mass is 9.95. The number of rotatable bonds is 5. The van der Waals surface area contributed by atoms with Crippen LogP contribution in [-0.4, -0.2) is 41.3 Å². The average molecular weight is 459 g/mol. The van der Waals surface area contributed by atoms with E-state index in [2.05, 4.69) is 40.4 Å². The van der Waals surface area contributed by atoms with Gasteiger partial charge in [0.25, 0.3) is 5.91 Å². The van der Waals surface area contributed by atoms with Crippen LogP contribution in [0, 0.1) is 31.6 Å². The summed E-state index contributed by atoms with van der Waals surface area (Å²) < 4.78 is 0. The molecular formula is C28H34N4O2. The molecule has 1 saturated carbocycles. The van der Waals surface area contributed by atoms with Gasteiger partial charge < -0.3 is 15.6 Å². The van der Waals surface area contributed by atoms with E-state index in [9.17, 15) is 9.59 Å². The van der Waals surface area contributed by atoms with Gasteiger partial charge in [0.1, 0.15) is 0 Å². The van der Waals surface area contributed by atoms with Crippen LogP contribution in [0.3, 0.4) is 0 Å². The third-order valence-electron chi connectivity index (χ3n) is 8.62. The number of amides is 2. The van der Waals surface area contributed by atoms with Gasteiger partial charge in [-0.1, -0.05) is 12.5 Å². The van der Waals surface area contributed by atoms with Crippen molar-refractivity contribution in [2.45, 2.75) is 52.5 Å². The quantitative estimate of drug-likeness (QED) is 0.592. The van der Waals surface area contributed by atoms with Crippen LogP contribution in [0.2, 0.25) is 0 Å². The second-order valence-corrected chi connectivity index (χ2v) is 10.8. The van der Waals surface area contributed by atoms with Crippen molar-refractivity contribution in [3.8, 4) is 0 Å². The lowest BCUT2D eigenvalue weighted by molar-refractivity contribution is -0.122. The molecule has 0 spiro atoms. The van der Waals surface area contributed by atoms with E-state index in [-0.39, 0.29) is 17.7 Å². The standard InChI is InChI=1S/C28H34N4O2/c1-16-24(15-32-13-20-4-3-5-21(20)14-32)17(2)30-26(16)12-23-22-11-18(6-7-25(22)31-28(23)34)10-19-8-9-29-27(19)33/h6-7,11-12,19-21,30H,3-5,8-10,13-15H2,1-2H3,(H,29,33)(H,31,34)/t19?,20-,21+. The highest BCUT2D eigenvalue weighted by atomic mass is 16.2. The number of aromatic nitrogens is 1. The molecule has 0 radical (unpaired) electrons. The molecule has 178 valence electrons. The van der Waals surface area contributed by atoms with Gasteiger partial charge in [-0.05, 0) is 86.3 Å². The number of H-pyrrole nitrogens is 1. The Kier molecular flexibility index (Phi) is 5.36. The van der Waals surface area contributed by atoms with Crippen molar-refractivity contribution in [1.82, 2.24) is 15.2 Å². The summed E-state index contributed by atoms with van der Waals surface area (Å²) in [5, 5.41) is 5.93. The first kappa shape index (κ1) is 21.7. The van der Waals surface area contributed by atoms with Gasteiger partial charge >= 0.3 is 0 Å². The van der Waals surface area contributed by atoms with E-state index in [0.29, 0.717) is 12.0 Å². The van der Waals surface area contributed by atoms with Crippen molar-refractivity contribution < 1.29 is 9.59 Å². The van der Waals surface area contributed by atoms with Gasteiger partial charge in [-0.3, -0.25) is 14.5 Å². The number of carbonyl (C=O) groups excluding carboxylic acids is 2. The molecule has 34 heavy (non-hydrogen) atoms. The zero-order valence-electron chi connectivity index (χ0n) is 20.2. The molecule has 2 aromatic rings. The minimum atomic E-state index is -0.0636. The maximum absolute atomic E-state index is 12.9. The number of hydrogen-bond donors (Lipinski definition) is 3. The molecule has 3 atom stereocenters. The number of nitrogens with one attached hydrogen (secondary N) is 3. The Bertz CT molecular complexity index is 1180. The van der Waals surface area contributed by atoms with Gasteiger partial charge in [0.2, 0.25) is 5.91 Å². The highest BCUT2D eigenvalue weighted by Gasteiger charge is 2.36. The number of benzene rings is 1. The molecule has 3 N–H and O–H groups in total. The minimum Gasteiger partial charge on any atom is -0.359 e. The van der Waals surface area contributed by atoms with Crippen molar-refractivity contribution in [1.29, 1.82) is 0 Å². The van der Waals surface area contributed by atoms with Crippen molar-refractivity contribution in [3.05, 3.63) is 51.8 Å². The van der Waals surface area contributed by atoms with Gasteiger partial charge in [0.05, 0.1) is 5.57 Å². The number of anilines is 1. The summed E-state index contributed by atoms with van der Waals surface area (Å²) in [6.45, 7) is 8.51. The van der Waals surface area contributed by atoms with E-state index in [1.54, 1.807) is 0 Å². The number of hydrogen-bond acceptors (Lipinski definition) is 3. The Morgan fingerprint density at radius 3 is 2.62 bits per heavy atom. The van der Waals surface area contributed by atoms with Gasteiger partial charge in [-0.2, -0.15) is 0 Å². The zero-order valence-corrected chi connectivity index (χ0v) is 20.2. The van der Waals surface area contributed by atoms with Crippen LogP contribution >= 0.6 is 0 Å². The summed E-state index contributed by atoms with van der Waals surface area (Å²) in [5.41, 5.74) is 8.39. The monoisotopic (exact) mass is 458 g/mol. The number of nitrogens with zero attached hydrogens (tertiary/aromatic N) is 1. The first-order chi connectivity index (χ1) is 16.5. The van der Waals surface area contributed by atoms with Crippen LogP contribution in [0.15, 0.2) is 18.2 Å². The van der Waals surface area contributed by atoms with Crippen molar-refractivity contribution in [2.75, 3.05) is 25.0 Å². The maximum Gasteiger partial charge on any atom is 0.256 e. The topological polar surface area (TPSA) is 77.2 Å². The fourth-order valence-corrected chi connectivity index (χ4v) is 6.66. The molecule has 0 bridgehead atoms. The first-order valence-electron chi connectivity index (χ1n) is 12.8. The molecule has 3 fully saturated rings. The third-order valence-corrected chi connectivity index (χ3v) is 8.62. The van der Waals surface area contributed by atoms with Gasteiger partial charge in [0.15, 0.2) is 0 Å². The highest BCUT2D eigenvalue weighted by Crippen LogP contribution is 2.39. The van der Waals surface area contributed by atoms with Gasteiger partial charge in [0, 0.05) is 54.7 Å². The minimum absolute atomic E-state index is 0.0246. The molecule has 2 saturated heterocycles. The fourth-order valence-electron chi connectivity index (χ4n) is 6.66. The summed E-state index contributed by atoms with van der Waals surface area (Å²) in [7, 11) is 0. The smallest absolute Gasteiger partial charge is 0.256 e. The molecule has 1 aromatic heterocycles. The Labute approximate surface area is 201 Å². The fraction of sp³-hybridized carbons (Fsp3) is 0.500. The van der Waals surface area contributed by atoms with Crippen molar-refractivity contribution in [2.24, 2.45) is 17.8 Å². The molecule has 3 aliphatic heterocycles. The molecule has 6 nitrogen and oxygen atoms in total. The second kappa shape index (κ2) is 8.42. The number of aryl methyl sites for hydroxylation is 1. The van der Waals surface area contributed by atoms with E-state index in [4.69, 9.17) is 0 Å². The molecule has 1 unspecified atom stereocenters. The van der Waals surface area contributed by atoms with Gasteiger partial charge in [-0.15, -0.1) is 0 Å². The van der Waals surface area contributed by atoms with Crippen LogP contribution in [0.5, 0.6) is 0 Å². The predicted molar refractivity (Wildman–Crippen MR) is 134 cm³/mol. The summed E-state index contributed by atoms with van der Waals surface area (Å²) in [6, 6.07) is 6.08. The van der Waals surface area contributed by atoms with Crippen molar-refractivity contribution in [3.63, 3.8) is 0 Å². The van der Waals surface area contributed by atoms with E-state index < -0.39 is 0 Å². The largest absolute Gasteiger partial charge is 0.359 e. The molecule has 4 aliphatic rings. The van der Waals surface area contributed by atoms with Crippen LogP contribution < -0.4 is 10.6 Å². The first-order valence-corrected chi connectivity index (χ1v) is 12.8. The van der Waals surface area contributed by atoms with Crippen LogP contribution in [0.1, 0.15) is 59.3 Å². The SMILES string of the molecule is Cc1[nH]c(C=C2C(=O)Nc3ccc(CC4CCNC4=O)cc32)c(C)c1CN1C[C@H]2CCC[C@H]2C1. The lowest BCUT2D eigenvalue weighted by Gasteiger charge is -2.17. The number of aromatic amines is 1. The zero-order chi connectivity index (χ0) is 23.4. The third kappa shape index (κ3) is 3.78. The van der Waals surface area contributed by atoms with Crippen LogP contribution in [0.4, 0.5) is 5.69 Å². The lowest BCUT2D eigenvalue weighted by Crippen LogP contribution is -2.21. The average Bonchev–Trinajstić information content (AvgIpc) is 3.60. The Hall–Kier alpha value is -2.86. The van der Waals surface area contributed by atoms with E-state index in [1.807, 2.05) is 18.2 Å². The van der Waals surface area contributed by atoms with Crippen LogP contribution in [-0.2, 0) is 22.6 Å². The van der Waals surface area contributed by atoms with Crippen LogP contribution in [0.25, 0.3) is 11.6 Å². The molecule has 6 rings (SSSR count). The number of fused-ring (bicyclic) bond motifs is 2.